The van der Waals surface area contributed by atoms with Crippen LogP contribution in [0.2, 0.25) is 0 Å². The van der Waals surface area contributed by atoms with Gasteiger partial charge in [0, 0.05) is 12.0 Å². The molecule has 7 heteroatoms. The monoisotopic (exact) mass is 398 g/mol. The lowest BCUT2D eigenvalue weighted by Crippen LogP contribution is -2.12. The minimum atomic E-state index is -0.414. The van der Waals surface area contributed by atoms with Crippen molar-refractivity contribution in [1.82, 2.24) is 0 Å². The Morgan fingerprint density at radius 2 is 1.97 bits per heavy atom. The van der Waals surface area contributed by atoms with Gasteiger partial charge in [-0.3, -0.25) is 5.21 Å². The Morgan fingerprint density at radius 3 is 2.59 bits per heavy atom. The summed E-state index contributed by atoms with van der Waals surface area (Å²) in [5.74, 6) is 1.04. The largest absolute Gasteiger partial charge is 0.733 e. The standard InChI is InChI=1S/C22H24NO6/c1-13(9-16-5-7-18(8-6-16)23(25)26)10-17-11-19(28-12-17)21-14(2)20(27-4)15(3)22(24)29-21/h5-10,19,25H,11-12H2,1-4H3/q-1/t19-/m1/s1. The van der Waals surface area contributed by atoms with Gasteiger partial charge in [0.15, 0.2) is 0 Å². The number of rotatable bonds is 5. The second-order valence-electron chi connectivity index (χ2n) is 7.10. The van der Waals surface area contributed by atoms with Crippen LogP contribution in [0.25, 0.3) is 6.08 Å². The maximum atomic E-state index is 12.1. The molecule has 1 aromatic carbocycles. The molecule has 7 nitrogen and oxygen atoms in total. The predicted octanol–water partition coefficient (Wildman–Crippen LogP) is 4.45. The molecule has 1 fully saturated rings. The summed E-state index contributed by atoms with van der Waals surface area (Å²) in [7, 11) is 1.54. The Morgan fingerprint density at radius 1 is 1.28 bits per heavy atom. The first-order valence-corrected chi connectivity index (χ1v) is 9.24. The molecule has 1 aromatic heterocycles. The van der Waals surface area contributed by atoms with Crippen LogP contribution in [0.1, 0.15) is 41.9 Å². The third-order valence-corrected chi connectivity index (χ3v) is 4.91. The van der Waals surface area contributed by atoms with Gasteiger partial charge in [-0.1, -0.05) is 29.9 Å². The van der Waals surface area contributed by atoms with Crippen LogP contribution in [0.5, 0.6) is 5.75 Å². The Kier molecular flexibility index (Phi) is 6.22. The van der Waals surface area contributed by atoms with Gasteiger partial charge in [-0.25, -0.2) is 4.79 Å². The van der Waals surface area contributed by atoms with Gasteiger partial charge in [0.2, 0.25) is 0 Å². The predicted molar refractivity (Wildman–Crippen MR) is 110 cm³/mol. The molecule has 2 aromatic rings. The van der Waals surface area contributed by atoms with Gasteiger partial charge in [-0.2, -0.15) is 0 Å². The molecule has 0 saturated carbocycles. The number of ether oxygens (including phenoxy) is 2. The van der Waals surface area contributed by atoms with Crippen molar-refractivity contribution in [3.63, 3.8) is 0 Å². The topological polar surface area (TPSA) is 95.2 Å². The summed E-state index contributed by atoms with van der Waals surface area (Å²) in [5, 5.41) is 19.6. The van der Waals surface area contributed by atoms with E-state index in [9.17, 15) is 10.0 Å². The van der Waals surface area contributed by atoms with E-state index >= 15 is 0 Å². The summed E-state index contributed by atoms with van der Waals surface area (Å²) in [6.45, 7) is 5.96. The summed E-state index contributed by atoms with van der Waals surface area (Å²) in [6.07, 6.45) is 4.30. The van der Waals surface area contributed by atoms with Crippen LogP contribution in [-0.4, -0.2) is 18.9 Å². The fraction of sp³-hybridized carbons (Fsp3) is 0.318. The van der Waals surface area contributed by atoms with Crippen molar-refractivity contribution in [2.45, 2.75) is 33.3 Å². The van der Waals surface area contributed by atoms with E-state index in [1.54, 1.807) is 31.2 Å². The van der Waals surface area contributed by atoms with E-state index in [4.69, 9.17) is 19.1 Å². The highest BCUT2D eigenvalue weighted by atomic mass is 16.8. The molecule has 1 aliphatic heterocycles. The molecule has 1 N–H and O–H groups in total. The van der Waals surface area contributed by atoms with Crippen molar-refractivity contribution in [3.05, 3.63) is 79.6 Å². The zero-order chi connectivity index (χ0) is 21.1. The normalized spacial score (nSPS) is 18.3. The van der Waals surface area contributed by atoms with Crippen LogP contribution < -0.4 is 15.6 Å². The number of allylic oxidation sites excluding steroid dienone is 2. The van der Waals surface area contributed by atoms with Crippen LogP contribution in [0, 0.1) is 19.1 Å². The quantitative estimate of drug-likeness (QED) is 0.743. The second kappa shape index (κ2) is 8.65. The highest BCUT2D eigenvalue weighted by Gasteiger charge is 2.28. The second-order valence-corrected chi connectivity index (χ2v) is 7.10. The van der Waals surface area contributed by atoms with E-state index in [0.29, 0.717) is 30.1 Å². The van der Waals surface area contributed by atoms with Crippen molar-refractivity contribution in [2.24, 2.45) is 0 Å². The Labute approximate surface area is 169 Å². The fourth-order valence-electron chi connectivity index (χ4n) is 3.51. The van der Waals surface area contributed by atoms with Gasteiger partial charge in [0.25, 0.3) is 0 Å². The number of benzene rings is 1. The van der Waals surface area contributed by atoms with Gasteiger partial charge in [-0.05, 0) is 44.0 Å². The highest BCUT2D eigenvalue weighted by Crippen LogP contribution is 2.37. The average molecular weight is 398 g/mol. The van der Waals surface area contributed by atoms with Crippen molar-refractivity contribution >= 4 is 11.8 Å². The number of hydrogen-bond donors (Lipinski definition) is 1. The third kappa shape index (κ3) is 4.59. The molecule has 29 heavy (non-hydrogen) atoms. The summed E-state index contributed by atoms with van der Waals surface area (Å²) >= 11 is 0. The third-order valence-electron chi connectivity index (χ3n) is 4.91. The average Bonchev–Trinajstić information content (AvgIpc) is 3.13. The smallest absolute Gasteiger partial charge is 0.342 e. The van der Waals surface area contributed by atoms with E-state index in [1.165, 1.54) is 7.11 Å². The molecule has 1 saturated heterocycles. The summed E-state index contributed by atoms with van der Waals surface area (Å²) < 4.78 is 16.7. The molecule has 2 heterocycles. The summed E-state index contributed by atoms with van der Waals surface area (Å²) in [6, 6.07) is 6.60. The summed E-state index contributed by atoms with van der Waals surface area (Å²) in [5.41, 5.74) is 4.00. The van der Waals surface area contributed by atoms with E-state index in [2.05, 4.69) is 0 Å². The summed E-state index contributed by atoms with van der Waals surface area (Å²) in [4.78, 5) is 12.1. The Bertz CT molecular complexity index is 1000. The van der Waals surface area contributed by atoms with Crippen LogP contribution in [0.3, 0.4) is 0 Å². The van der Waals surface area contributed by atoms with Crippen LogP contribution in [0.4, 0.5) is 5.69 Å². The van der Waals surface area contributed by atoms with Gasteiger partial charge < -0.3 is 24.3 Å². The zero-order valence-corrected chi connectivity index (χ0v) is 16.9. The number of methoxy groups -OCH3 is 1. The van der Waals surface area contributed by atoms with Crippen LogP contribution in [0.15, 0.2) is 50.7 Å². The number of anilines is 1. The molecule has 1 aliphatic rings. The zero-order valence-electron chi connectivity index (χ0n) is 16.9. The molecule has 3 rings (SSSR count). The van der Waals surface area contributed by atoms with Crippen molar-refractivity contribution in [3.8, 4) is 5.75 Å². The van der Waals surface area contributed by atoms with Gasteiger partial charge in [0.05, 0.1) is 25.0 Å². The van der Waals surface area contributed by atoms with Gasteiger partial charge in [0.1, 0.15) is 17.6 Å². The molecular weight excluding hydrogens is 374 g/mol. The molecule has 0 radical (unpaired) electrons. The maximum Gasteiger partial charge on any atom is 0.342 e. The van der Waals surface area contributed by atoms with E-state index < -0.39 is 5.63 Å². The van der Waals surface area contributed by atoms with Crippen molar-refractivity contribution < 1.29 is 19.1 Å². The molecule has 0 aliphatic carbocycles. The Balaban J connectivity index is 1.77. The lowest BCUT2D eigenvalue weighted by molar-refractivity contribution is 0.0911. The lowest BCUT2D eigenvalue weighted by atomic mass is 10.0. The van der Waals surface area contributed by atoms with Crippen LogP contribution in [-0.2, 0) is 4.74 Å². The molecule has 154 valence electrons. The molecule has 0 bridgehead atoms. The van der Waals surface area contributed by atoms with E-state index in [0.717, 1.165) is 22.3 Å². The van der Waals surface area contributed by atoms with Gasteiger partial charge >= 0.3 is 5.63 Å². The minimum absolute atomic E-state index is 0.168. The first kappa shape index (κ1) is 20.9. The molecule has 0 amide bonds. The van der Waals surface area contributed by atoms with Crippen LogP contribution >= 0.6 is 0 Å². The van der Waals surface area contributed by atoms with E-state index in [1.807, 2.05) is 26.0 Å². The highest BCUT2D eigenvalue weighted by molar-refractivity contribution is 5.59. The van der Waals surface area contributed by atoms with Crippen molar-refractivity contribution in [2.75, 3.05) is 18.9 Å². The first-order chi connectivity index (χ1) is 13.8. The number of nitrogens with zero attached hydrogens (tertiary/aromatic N) is 1. The molecule has 0 spiro atoms. The maximum absolute atomic E-state index is 12.1. The van der Waals surface area contributed by atoms with E-state index in [-0.39, 0.29) is 17.0 Å². The minimum Gasteiger partial charge on any atom is -0.733 e. The fourth-order valence-corrected chi connectivity index (χ4v) is 3.51. The molecule has 0 unspecified atom stereocenters. The molecular formula is C22H24NO6-. The van der Waals surface area contributed by atoms with Crippen molar-refractivity contribution in [1.29, 1.82) is 0 Å². The molecule has 1 atom stereocenters. The SMILES string of the molecule is COc1c(C)c([C@H]2CC(=CC(C)=Cc3ccc(N([O-])O)cc3)CO2)oc(=O)c1C. The Hall–Kier alpha value is -2.87. The first-order valence-electron chi connectivity index (χ1n) is 9.24. The van der Waals surface area contributed by atoms with Gasteiger partial charge in [-0.15, -0.1) is 0 Å². The number of hydrogen-bond acceptors (Lipinski definition) is 7. The lowest BCUT2D eigenvalue weighted by Gasteiger charge is -2.21.